The van der Waals surface area contributed by atoms with E-state index in [1.54, 1.807) is 0 Å². The van der Waals surface area contributed by atoms with Crippen LogP contribution in [0.25, 0.3) is 0 Å². The van der Waals surface area contributed by atoms with Crippen molar-refractivity contribution < 1.29 is 125 Å². The van der Waals surface area contributed by atoms with E-state index < -0.39 is 10.4 Å². The third kappa shape index (κ3) is 95.6. The first kappa shape index (κ1) is 22.7. The molecule has 0 aromatic carbocycles. The molecule has 0 saturated heterocycles. The summed E-state index contributed by atoms with van der Waals surface area (Å²) in [5.41, 5.74) is 0. The zero-order chi connectivity index (χ0) is 6.50. The van der Waals surface area contributed by atoms with Crippen molar-refractivity contribution in [3.8, 4) is 0 Å². The fourth-order valence-corrected chi connectivity index (χ4v) is 0. The van der Waals surface area contributed by atoms with Crippen LogP contribution in [0.2, 0.25) is 0 Å². The van der Waals surface area contributed by atoms with E-state index >= 15 is 0 Å². The van der Waals surface area contributed by atoms with Crippen molar-refractivity contribution in [3.05, 3.63) is 0 Å². The molecule has 0 aromatic rings. The Hall–Kier alpha value is 3.10. The van der Waals surface area contributed by atoms with E-state index in [4.69, 9.17) is 22.6 Å². The van der Waals surface area contributed by atoms with Gasteiger partial charge in [-0.05, 0) is 0 Å². The Morgan fingerprint density at radius 1 is 1.11 bits per heavy atom. The van der Waals surface area contributed by atoms with Crippen LogP contribution in [-0.4, -0.2) is 29.7 Å². The molecular formula is CH4K2O5S. The van der Waals surface area contributed by atoms with Gasteiger partial charge in [-0.3, -0.25) is 8.42 Å². The Labute approximate surface area is 139 Å². The Kier molecular flexibility index (Phi) is 34.5. The molecule has 0 aliphatic rings. The first-order valence-electron chi connectivity index (χ1n) is 1.11. The molecule has 46 valence electrons. The van der Waals surface area contributed by atoms with Crippen molar-refractivity contribution in [1.29, 1.82) is 0 Å². The summed E-state index contributed by atoms with van der Waals surface area (Å²) in [6, 6.07) is 0. The topological polar surface area (TPSA) is 100 Å². The summed E-state index contributed by atoms with van der Waals surface area (Å²) in [5, 5.41) is 7.00. The number of aliphatic hydroxyl groups excluding tert-OH is 1. The van der Waals surface area contributed by atoms with E-state index in [2.05, 4.69) is 0 Å². The molecule has 0 bridgehead atoms. The predicted octanol–water partition coefficient (Wildman–Crippen LogP) is -7.72. The minimum absolute atomic E-state index is 0. The largest absolute Gasteiger partial charge is 1.00 e. The van der Waals surface area contributed by atoms with Crippen molar-refractivity contribution in [2.45, 2.75) is 0 Å². The molecule has 0 fully saturated rings. The minimum Gasteiger partial charge on any atom is -0.759 e. The van der Waals surface area contributed by atoms with E-state index in [1.165, 1.54) is 0 Å². The van der Waals surface area contributed by atoms with Crippen LogP contribution in [0.15, 0.2) is 0 Å². The molecule has 0 aromatic heterocycles. The third-order valence-electron chi connectivity index (χ3n) is 0. The molecule has 0 saturated carbocycles. The molecule has 0 heterocycles. The van der Waals surface area contributed by atoms with Crippen molar-refractivity contribution in [2.75, 3.05) is 7.11 Å². The first-order chi connectivity index (χ1) is 3.00. The van der Waals surface area contributed by atoms with Gasteiger partial charge in [0.05, 0.1) is 0 Å². The molecule has 5 nitrogen and oxygen atoms in total. The Bertz CT molecular complexity index is 98.1. The van der Waals surface area contributed by atoms with E-state index in [1.807, 2.05) is 0 Å². The predicted molar refractivity (Wildman–Crippen MR) is 18.6 cm³/mol. The molecule has 1 N–H and O–H groups in total. The van der Waals surface area contributed by atoms with E-state index in [-0.39, 0.29) is 103 Å². The van der Waals surface area contributed by atoms with Crippen LogP contribution in [0.1, 0.15) is 0 Å². The van der Waals surface area contributed by atoms with Gasteiger partial charge in [0.2, 0.25) is 0 Å². The maximum atomic E-state index is 8.52. The van der Waals surface area contributed by atoms with E-state index in [0.29, 0.717) is 0 Å². The van der Waals surface area contributed by atoms with Gasteiger partial charge in [0, 0.05) is 17.5 Å². The molecule has 0 spiro atoms. The van der Waals surface area contributed by atoms with Gasteiger partial charge in [0.25, 0.3) is 0 Å². The summed E-state index contributed by atoms with van der Waals surface area (Å²) < 4.78 is 34.1. The van der Waals surface area contributed by atoms with Crippen molar-refractivity contribution >= 4 is 10.4 Å². The van der Waals surface area contributed by atoms with E-state index in [0.717, 1.165) is 7.11 Å². The molecule has 0 aliphatic heterocycles. The van der Waals surface area contributed by atoms with Gasteiger partial charge in [-0.15, -0.1) is 0 Å². The molecule has 9 heavy (non-hydrogen) atoms. The smallest absolute Gasteiger partial charge is 0.759 e. The average molecular weight is 206 g/mol. The van der Waals surface area contributed by atoms with Gasteiger partial charge in [-0.25, -0.2) is 0 Å². The van der Waals surface area contributed by atoms with Crippen LogP contribution in [0.4, 0.5) is 0 Å². The van der Waals surface area contributed by atoms with Crippen LogP contribution in [0.5, 0.6) is 0 Å². The van der Waals surface area contributed by atoms with E-state index in [9.17, 15) is 0 Å². The summed E-state index contributed by atoms with van der Waals surface area (Å²) in [6.45, 7) is 0. The van der Waals surface area contributed by atoms with Crippen molar-refractivity contribution in [1.82, 2.24) is 0 Å². The van der Waals surface area contributed by atoms with Crippen molar-refractivity contribution in [2.24, 2.45) is 0 Å². The summed E-state index contributed by atoms with van der Waals surface area (Å²) in [6.07, 6.45) is 0. The Morgan fingerprint density at radius 3 is 1.11 bits per heavy atom. The minimum atomic E-state index is -5.17. The maximum absolute atomic E-state index is 8.52. The fourth-order valence-electron chi connectivity index (χ4n) is 0. The standard InChI is InChI=1S/CH4O.2K.H2O4S/c1-2;;;1-5(2,3)4/h2H,1H3;;;(H2,1,2,3,4)/q;2*+1;/p-2. The quantitative estimate of drug-likeness (QED) is 0.241. The number of aliphatic hydroxyl groups is 1. The van der Waals surface area contributed by atoms with Gasteiger partial charge in [0.15, 0.2) is 0 Å². The summed E-state index contributed by atoms with van der Waals surface area (Å²) in [7, 11) is -4.17. The Morgan fingerprint density at radius 2 is 1.11 bits per heavy atom. The second-order valence-electron chi connectivity index (χ2n) is 0.408. The monoisotopic (exact) mass is 206 g/mol. The maximum Gasteiger partial charge on any atom is 1.00 e. The average Bonchev–Trinajstić information content (AvgIpc) is 1.36. The third-order valence-corrected chi connectivity index (χ3v) is 0. The van der Waals surface area contributed by atoms with Crippen LogP contribution >= 0.6 is 0 Å². The first-order valence-corrected chi connectivity index (χ1v) is 2.45. The molecule has 0 aliphatic carbocycles. The van der Waals surface area contributed by atoms with Gasteiger partial charge in [-0.2, -0.15) is 0 Å². The summed E-state index contributed by atoms with van der Waals surface area (Å²) >= 11 is 0. The van der Waals surface area contributed by atoms with Crippen LogP contribution in [0.3, 0.4) is 0 Å². The number of rotatable bonds is 0. The van der Waals surface area contributed by atoms with Crippen LogP contribution < -0.4 is 103 Å². The van der Waals surface area contributed by atoms with Crippen LogP contribution in [0, 0.1) is 0 Å². The summed E-state index contributed by atoms with van der Waals surface area (Å²) in [5.74, 6) is 0. The number of hydrogen-bond acceptors (Lipinski definition) is 5. The fraction of sp³-hybridized carbons (Fsp3) is 1.00. The van der Waals surface area contributed by atoms with Gasteiger partial charge < -0.3 is 14.2 Å². The second kappa shape index (κ2) is 13.7. The Balaban J connectivity index is -0.0000000286. The van der Waals surface area contributed by atoms with Gasteiger partial charge in [-0.1, -0.05) is 0 Å². The van der Waals surface area contributed by atoms with Crippen molar-refractivity contribution in [3.63, 3.8) is 0 Å². The normalized spacial score (nSPS) is 7.11. The zero-order valence-electron chi connectivity index (χ0n) is 5.49. The van der Waals surface area contributed by atoms with Crippen LogP contribution in [-0.2, 0) is 10.4 Å². The molecular weight excluding hydrogens is 202 g/mol. The molecule has 0 unspecified atom stereocenters. The zero-order valence-corrected chi connectivity index (χ0v) is 12.6. The summed E-state index contributed by atoms with van der Waals surface area (Å²) in [4.78, 5) is 0. The SMILES string of the molecule is CO.O=S(=O)([O-])[O-].[K+].[K+]. The number of hydrogen-bond donors (Lipinski definition) is 1. The molecule has 0 radical (unpaired) electrons. The van der Waals surface area contributed by atoms with Gasteiger partial charge >= 0.3 is 103 Å². The molecule has 0 amide bonds. The second-order valence-corrected chi connectivity index (χ2v) is 1.22. The molecule has 0 atom stereocenters. The van der Waals surface area contributed by atoms with Gasteiger partial charge in [0.1, 0.15) is 0 Å². The molecule has 0 rings (SSSR count). The molecule has 8 heteroatoms.